The van der Waals surface area contributed by atoms with Gasteiger partial charge in [-0.25, -0.2) is 0 Å². The lowest BCUT2D eigenvalue weighted by atomic mass is 10.1. The highest BCUT2D eigenvalue weighted by atomic mass is 35.5. The highest BCUT2D eigenvalue weighted by Gasteiger charge is 2.31. The average Bonchev–Trinajstić information content (AvgIpc) is 2.64. The molecule has 1 aromatic carbocycles. The van der Waals surface area contributed by atoms with Gasteiger partial charge in [-0.05, 0) is 18.1 Å². The summed E-state index contributed by atoms with van der Waals surface area (Å²) >= 11 is 11.5. The van der Waals surface area contributed by atoms with Crippen molar-refractivity contribution < 1.29 is 9.90 Å². The van der Waals surface area contributed by atoms with Gasteiger partial charge < -0.3 is 10.0 Å². The molecule has 0 aromatic heterocycles. The highest BCUT2D eigenvalue weighted by Crippen LogP contribution is 2.37. The molecule has 1 fully saturated rings. The summed E-state index contributed by atoms with van der Waals surface area (Å²) in [7, 11) is 0. The predicted molar refractivity (Wildman–Crippen MR) is 64.3 cm³/mol. The smallest absolute Gasteiger partial charge is 0.227 e. The number of benzene rings is 1. The summed E-state index contributed by atoms with van der Waals surface area (Å²) in [5.74, 6) is 0.521. The van der Waals surface area contributed by atoms with Gasteiger partial charge in [-0.3, -0.25) is 4.79 Å². The van der Waals surface area contributed by atoms with Crippen molar-refractivity contribution in [2.45, 2.75) is 6.42 Å². The number of anilines is 1. The van der Waals surface area contributed by atoms with Crippen LogP contribution in [-0.2, 0) is 4.79 Å². The Balaban J connectivity index is 2.31. The Hall–Kier alpha value is -0.930. The molecule has 1 aromatic rings. The zero-order valence-corrected chi connectivity index (χ0v) is 10.0. The third-order valence-electron chi connectivity index (χ3n) is 2.68. The van der Waals surface area contributed by atoms with Gasteiger partial charge in [0.1, 0.15) is 0 Å². The molecule has 0 bridgehead atoms. The van der Waals surface area contributed by atoms with E-state index in [1.54, 1.807) is 18.2 Å². The number of nitrogens with zero attached hydrogens (tertiary/aromatic N) is 1. The standard InChI is InChI=1S/C11H11Cl2NO2/c12-5-7-4-10(15)14(6-7)9-3-1-2-8(13)11(9)16/h1-3,7,16H,4-6H2. The molecule has 0 radical (unpaired) electrons. The van der Waals surface area contributed by atoms with Crippen molar-refractivity contribution in [3.8, 4) is 5.75 Å². The minimum atomic E-state index is -0.0484. The van der Waals surface area contributed by atoms with E-state index in [2.05, 4.69) is 0 Å². The molecule has 16 heavy (non-hydrogen) atoms. The summed E-state index contributed by atoms with van der Waals surface area (Å²) in [5, 5.41) is 10.0. The largest absolute Gasteiger partial charge is 0.504 e. The van der Waals surface area contributed by atoms with E-state index in [1.165, 1.54) is 4.90 Å². The molecule has 1 N–H and O–H groups in total. The number of rotatable bonds is 2. The number of amides is 1. The van der Waals surface area contributed by atoms with Gasteiger partial charge in [0.2, 0.25) is 5.91 Å². The Labute approximate surface area is 104 Å². The fourth-order valence-electron chi connectivity index (χ4n) is 1.84. The maximum Gasteiger partial charge on any atom is 0.227 e. The van der Waals surface area contributed by atoms with Crippen molar-refractivity contribution in [1.29, 1.82) is 0 Å². The fourth-order valence-corrected chi connectivity index (χ4v) is 2.22. The van der Waals surface area contributed by atoms with Crippen LogP contribution in [0.4, 0.5) is 5.69 Å². The van der Waals surface area contributed by atoms with Crippen LogP contribution in [0.1, 0.15) is 6.42 Å². The summed E-state index contributed by atoms with van der Waals surface area (Å²) in [6.45, 7) is 0.538. The van der Waals surface area contributed by atoms with Crippen LogP contribution in [0, 0.1) is 5.92 Å². The summed E-state index contributed by atoms with van der Waals surface area (Å²) < 4.78 is 0. The van der Waals surface area contributed by atoms with Crippen molar-refractivity contribution in [3.05, 3.63) is 23.2 Å². The van der Waals surface area contributed by atoms with Gasteiger partial charge in [0.05, 0.1) is 10.7 Å². The highest BCUT2D eigenvalue weighted by molar-refractivity contribution is 6.32. The summed E-state index contributed by atoms with van der Waals surface area (Å²) in [5.41, 5.74) is 0.463. The van der Waals surface area contributed by atoms with Gasteiger partial charge in [0.25, 0.3) is 0 Å². The van der Waals surface area contributed by atoms with E-state index in [0.29, 0.717) is 24.5 Å². The first-order valence-corrected chi connectivity index (χ1v) is 5.88. The third-order valence-corrected chi connectivity index (χ3v) is 3.42. The van der Waals surface area contributed by atoms with Gasteiger partial charge in [0.15, 0.2) is 5.75 Å². The molecule has 1 atom stereocenters. The van der Waals surface area contributed by atoms with E-state index in [9.17, 15) is 9.90 Å². The van der Waals surface area contributed by atoms with Crippen LogP contribution in [0.3, 0.4) is 0 Å². The minimum absolute atomic E-state index is 0.0248. The predicted octanol–water partition coefficient (Wildman–Crippen LogP) is 2.64. The average molecular weight is 260 g/mol. The molecule has 2 rings (SSSR count). The Morgan fingerprint density at radius 1 is 1.50 bits per heavy atom. The number of phenols is 1. The lowest BCUT2D eigenvalue weighted by Crippen LogP contribution is -2.24. The van der Waals surface area contributed by atoms with Gasteiger partial charge in [0, 0.05) is 18.8 Å². The molecule has 86 valence electrons. The van der Waals surface area contributed by atoms with Gasteiger partial charge in [-0.15, -0.1) is 11.6 Å². The number of hydrogen-bond donors (Lipinski definition) is 1. The molecule has 3 nitrogen and oxygen atoms in total. The second-order valence-corrected chi connectivity index (χ2v) is 4.55. The van der Waals surface area contributed by atoms with Crippen LogP contribution in [0.15, 0.2) is 18.2 Å². The van der Waals surface area contributed by atoms with Crippen LogP contribution in [0.25, 0.3) is 0 Å². The monoisotopic (exact) mass is 259 g/mol. The molecule has 0 aliphatic carbocycles. The summed E-state index contributed by atoms with van der Waals surface area (Å²) in [4.78, 5) is 13.3. The molecule has 1 amide bonds. The zero-order chi connectivity index (χ0) is 11.7. The molecular weight excluding hydrogens is 249 g/mol. The molecule has 1 heterocycles. The van der Waals surface area contributed by atoms with Crippen molar-refractivity contribution >= 4 is 34.8 Å². The van der Waals surface area contributed by atoms with Gasteiger partial charge in [-0.2, -0.15) is 0 Å². The lowest BCUT2D eigenvalue weighted by molar-refractivity contribution is -0.117. The SMILES string of the molecule is O=C1CC(CCl)CN1c1cccc(Cl)c1O. The Bertz CT molecular complexity index is 422. The van der Waals surface area contributed by atoms with E-state index < -0.39 is 0 Å². The van der Waals surface area contributed by atoms with Crippen molar-refractivity contribution in [2.24, 2.45) is 5.92 Å². The van der Waals surface area contributed by atoms with E-state index in [4.69, 9.17) is 23.2 Å². The van der Waals surface area contributed by atoms with Gasteiger partial charge >= 0.3 is 0 Å². The maximum atomic E-state index is 11.7. The van der Waals surface area contributed by atoms with E-state index in [0.717, 1.165) is 0 Å². The molecular formula is C11H11Cl2NO2. The maximum absolute atomic E-state index is 11.7. The minimum Gasteiger partial charge on any atom is -0.504 e. The number of halogens is 2. The van der Waals surface area contributed by atoms with Crippen LogP contribution < -0.4 is 4.90 Å². The Morgan fingerprint density at radius 3 is 2.88 bits per heavy atom. The van der Waals surface area contributed by atoms with Crippen LogP contribution in [0.5, 0.6) is 5.75 Å². The van der Waals surface area contributed by atoms with Crippen molar-refractivity contribution in [2.75, 3.05) is 17.3 Å². The summed E-state index contributed by atoms with van der Waals surface area (Å²) in [6, 6.07) is 4.97. The molecule has 1 aliphatic rings. The van der Waals surface area contributed by atoms with E-state index in [-0.39, 0.29) is 22.6 Å². The molecule has 1 aliphatic heterocycles. The number of alkyl halides is 1. The number of para-hydroxylation sites is 1. The van der Waals surface area contributed by atoms with Crippen LogP contribution in [0.2, 0.25) is 5.02 Å². The first kappa shape index (κ1) is 11.6. The molecule has 0 saturated carbocycles. The first-order valence-electron chi connectivity index (χ1n) is 4.97. The molecule has 5 heteroatoms. The number of phenolic OH excluding ortho intramolecular Hbond substituents is 1. The lowest BCUT2D eigenvalue weighted by Gasteiger charge is -2.18. The van der Waals surface area contributed by atoms with E-state index in [1.807, 2.05) is 0 Å². The Morgan fingerprint density at radius 2 is 2.25 bits per heavy atom. The number of carbonyl (C=O) groups is 1. The fraction of sp³-hybridized carbons (Fsp3) is 0.364. The normalized spacial score (nSPS) is 20.5. The number of carbonyl (C=O) groups excluding carboxylic acids is 1. The van der Waals surface area contributed by atoms with Gasteiger partial charge in [-0.1, -0.05) is 17.7 Å². The zero-order valence-electron chi connectivity index (χ0n) is 8.49. The van der Waals surface area contributed by atoms with E-state index >= 15 is 0 Å². The molecule has 1 unspecified atom stereocenters. The topological polar surface area (TPSA) is 40.5 Å². The van der Waals surface area contributed by atoms with Crippen LogP contribution >= 0.6 is 23.2 Å². The quantitative estimate of drug-likeness (QED) is 0.830. The Kier molecular flexibility index (Phi) is 3.26. The number of hydrogen-bond acceptors (Lipinski definition) is 2. The number of aromatic hydroxyl groups is 1. The second kappa shape index (κ2) is 4.52. The second-order valence-electron chi connectivity index (χ2n) is 3.84. The third kappa shape index (κ3) is 1.97. The first-order chi connectivity index (χ1) is 7.63. The molecule has 0 spiro atoms. The van der Waals surface area contributed by atoms with Crippen LogP contribution in [-0.4, -0.2) is 23.4 Å². The summed E-state index contributed by atoms with van der Waals surface area (Å²) in [6.07, 6.45) is 0.426. The molecule has 1 saturated heterocycles. The van der Waals surface area contributed by atoms with Crippen molar-refractivity contribution in [1.82, 2.24) is 0 Å². The van der Waals surface area contributed by atoms with Crippen molar-refractivity contribution in [3.63, 3.8) is 0 Å².